The topological polar surface area (TPSA) is 52.8 Å². The van der Waals surface area contributed by atoms with Crippen molar-refractivity contribution in [2.75, 3.05) is 7.11 Å². The van der Waals surface area contributed by atoms with Crippen molar-refractivity contribution < 1.29 is 4.74 Å². The molecule has 0 aliphatic carbocycles. The lowest BCUT2D eigenvalue weighted by atomic mass is 10.2. The maximum atomic E-state index is 5.17. The maximum absolute atomic E-state index is 5.17. The molecular formula is C16H16N4OS. The van der Waals surface area contributed by atoms with E-state index in [-0.39, 0.29) is 5.25 Å². The fourth-order valence-corrected chi connectivity index (χ4v) is 3.02. The predicted octanol–water partition coefficient (Wildman–Crippen LogP) is 3.52. The van der Waals surface area contributed by atoms with Crippen molar-refractivity contribution in [1.29, 1.82) is 0 Å². The van der Waals surface area contributed by atoms with Gasteiger partial charge in [0.15, 0.2) is 0 Å². The molecule has 0 aliphatic heterocycles. The lowest BCUT2D eigenvalue weighted by Gasteiger charge is -2.11. The number of rotatable bonds is 5. The molecule has 1 heterocycles. The minimum absolute atomic E-state index is 0.268. The fourth-order valence-electron chi connectivity index (χ4n) is 2.09. The minimum atomic E-state index is 0.268. The van der Waals surface area contributed by atoms with Crippen LogP contribution in [0.3, 0.4) is 0 Å². The second kappa shape index (κ2) is 6.62. The van der Waals surface area contributed by atoms with Crippen LogP contribution in [0.2, 0.25) is 0 Å². The van der Waals surface area contributed by atoms with Gasteiger partial charge in [-0.1, -0.05) is 42.1 Å². The summed E-state index contributed by atoms with van der Waals surface area (Å²) in [6.07, 6.45) is 0. The standard InChI is InChI=1S/C16H16N4OS/c1-12(13-6-4-3-5-7-13)22-16-17-18-19-20(16)14-8-10-15(21-2)11-9-14/h3-12H,1-2H3/t12-/m1/s1. The van der Waals surface area contributed by atoms with Crippen molar-refractivity contribution in [3.63, 3.8) is 0 Å². The van der Waals surface area contributed by atoms with Crippen LogP contribution in [0.15, 0.2) is 59.8 Å². The number of tetrazole rings is 1. The van der Waals surface area contributed by atoms with Crippen LogP contribution >= 0.6 is 11.8 Å². The van der Waals surface area contributed by atoms with Gasteiger partial charge in [-0.05, 0) is 47.2 Å². The zero-order valence-corrected chi connectivity index (χ0v) is 13.2. The molecule has 2 aromatic carbocycles. The average molecular weight is 312 g/mol. The van der Waals surface area contributed by atoms with Crippen LogP contribution in [0.5, 0.6) is 5.75 Å². The zero-order valence-electron chi connectivity index (χ0n) is 12.4. The van der Waals surface area contributed by atoms with E-state index in [1.807, 2.05) is 42.5 Å². The number of benzene rings is 2. The highest BCUT2D eigenvalue weighted by Gasteiger charge is 2.14. The van der Waals surface area contributed by atoms with Gasteiger partial charge >= 0.3 is 0 Å². The summed E-state index contributed by atoms with van der Waals surface area (Å²) in [6.45, 7) is 2.15. The molecule has 1 atom stereocenters. The Hall–Kier alpha value is -2.34. The van der Waals surface area contributed by atoms with Gasteiger partial charge in [0, 0.05) is 5.25 Å². The molecule has 0 bridgehead atoms. The SMILES string of the molecule is COc1ccc(-n2nnnc2S[C@H](C)c2ccccc2)cc1. The molecule has 0 saturated heterocycles. The molecule has 0 fully saturated rings. The molecule has 6 heteroatoms. The molecule has 0 radical (unpaired) electrons. The number of thioether (sulfide) groups is 1. The molecular weight excluding hydrogens is 296 g/mol. The van der Waals surface area contributed by atoms with E-state index in [1.54, 1.807) is 23.6 Å². The third kappa shape index (κ3) is 3.12. The van der Waals surface area contributed by atoms with Gasteiger partial charge in [0.2, 0.25) is 5.16 Å². The molecule has 112 valence electrons. The third-order valence-corrected chi connectivity index (χ3v) is 4.40. The second-order valence-corrected chi connectivity index (χ2v) is 6.05. The van der Waals surface area contributed by atoms with E-state index in [0.717, 1.165) is 16.6 Å². The first-order chi connectivity index (χ1) is 10.8. The molecule has 3 aromatic rings. The van der Waals surface area contributed by atoms with Gasteiger partial charge in [-0.3, -0.25) is 0 Å². The Bertz CT molecular complexity index is 727. The zero-order chi connectivity index (χ0) is 15.4. The van der Waals surface area contributed by atoms with E-state index in [1.165, 1.54) is 5.56 Å². The van der Waals surface area contributed by atoms with Crippen molar-refractivity contribution in [2.45, 2.75) is 17.3 Å². The van der Waals surface area contributed by atoms with Crippen molar-refractivity contribution in [3.8, 4) is 11.4 Å². The molecule has 22 heavy (non-hydrogen) atoms. The van der Waals surface area contributed by atoms with Gasteiger partial charge in [0.05, 0.1) is 12.8 Å². The summed E-state index contributed by atoms with van der Waals surface area (Å²) in [7, 11) is 1.65. The van der Waals surface area contributed by atoms with Gasteiger partial charge < -0.3 is 4.74 Å². The van der Waals surface area contributed by atoms with Crippen LogP contribution in [0.4, 0.5) is 0 Å². The molecule has 5 nitrogen and oxygen atoms in total. The van der Waals surface area contributed by atoms with Gasteiger partial charge in [0.1, 0.15) is 5.75 Å². The summed E-state index contributed by atoms with van der Waals surface area (Å²) in [4.78, 5) is 0. The van der Waals surface area contributed by atoms with Gasteiger partial charge in [-0.15, -0.1) is 5.10 Å². The Morgan fingerprint density at radius 2 is 1.77 bits per heavy atom. The summed E-state index contributed by atoms with van der Waals surface area (Å²) in [6, 6.07) is 18.0. The van der Waals surface area contributed by atoms with Crippen LogP contribution in [0.1, 0.15) is 17.7 Å². The van der Waals surface area contributed by atoms with Gasteiger partial charge in [-0.25, -0.2) is 0 Å². The molecule has 3 rings (SSSR count). The Kier molecular flexibility index (Phi) is 4.39. The first-order valence-electron chi connectivity index (χ1n) is 6.92. The highest BCUT2D eigenvalue weighted by atomic mass is 32.2. The van der Waals surface area contributed by atoms with Crippen LogP contribution in [-0.2, 0) is 0 Å². The normalized spacial score (nSPS) is 12.1. The average Bonchev–Trinajstić information content (AvgIpc) is 3.04. The van der Waals surface area contributed by atoms with E-state index < -0.39 is 0 Å². The lowest BCUT2D eigenvalue weighted by molar-refractivity contribution is 0.414. The maximum Gasteiger partial charge on any atom is 0.214 e. The monoisotopic (exact) mass is 312 g/mol. The van der Waals surface area contributed by atoms with E-state index in [4.69, 9.17) is 4.74 Å². The largest absolute Gasteiger partial charge is 0.497 e. The Morgan fingerprint density at radius 1 is 1.05 bits per heavy atom. The van der Waals surface area contributed by atoms with Gasteiger partial charge in [0.25, 0.3) is 0 Å². The molecule has 1 aromatic heterocycles. The van der Waals surface area contributed by atoms with Crippen LogP contribution in [0, 0.1) is 0 Å². The van der Waals surface area contributed by atoms with Crippen molar-refractivity contribution >= 4 is 11.8 Å². The third-order valence-electron chi connectivity index (χ3n) is 3.31. The minimum Gasteiger partial charge on any atom is -0.497 e. The van der Waals surface area contributed by atoms with Gasteiger partial charge in [-0.2, -0.15) is 4.68 Å². The smallest absolute Gasteiger partial charge is 0.214 e. The Balaban J connectivity index is 1.82. The number of methoxy groups -OCH3 is 1. The number of aromatic nitrogens is 4. The van der Waals surface area contributed by atoms with Crippen LogP contribution in [-0.4, -0.2) is 27.3 Å². The quantitative estimate of drug-likeness (QED) is 0.675. The molecule has 0 spiro atoms. The number of hydrogen-bond acceptors (Lipinski definition) is 5. The van der Waals surface area contributed by atoms with Crippen molar-refractivity contribution in [2.24, 2.45) is 0 Å². The first-order valence-corrected chi connectivity index (χ1v) is 7.80. The fraction of sp³-hybridized carbons (Fsp3) is 0.188. The molecule has 0 aliphatic rings. The Morgan fingerprint density at radius 3 is 2.45 bits per heavy atom. The summed E-state index contributed by atoms with van der Waals surface area (Å²) < 4.78 is 6.91. The molecule has 0 saturated carbocycles. The Labute approximate surface area is 133 Å². The first kappa shape index (κ1) is 14.6. The summed E-state index contributed by atoms with van der Waals surface area (Å²) >= 11 is 1.63. The van der Waals surface area contributed by atoms with E-state index in [9.17, 15) is 0 Å². The van der Waals surface area contributed by atoms with Crippen molar-refractivity contribution in [3.05, 3.63) is 60.2 Å². The molecule has 0 amide bonds. The van der Waals surface area contributed by atoms with E-state index in [0.29, 0.717) is 0 Å². The summed E-state index contributed by atoms with van der Waals surface area (Å²) in [5.74, 6) is 0.809. The van der Waals surface area contributed by atoms with Crippen LogP contribution < -0.4 is 4.74 Å². The second-order valence-electron chi connectivity index (χ2n) is 4.74. The summed E-state index contributed by atoms with van der Waals surface area (Å²) in [5.41, 5.74) is 2.16. The van der Waals surface area contributed by atoms with Crippen LogP contribution in [0.25, 0.3) is 5.69 Å². The number of hydrogen-bond donors (Lipinski definition) is 0. The van der Waals surface area contributed by atoms with E-state index in [2.05, 4.69) is 34.6 Å². The molecule has 0 unspecified atom stereocenters. The number of nitrogens with zero attached hydrogens (tertiary/aromatic N) is 4. The van der Waals surface area contributed by atoms with Crippen molar-refractivity contribution in [1.82, 2.24) is 20.2 Å². The predicted molar refractivity (Wildman–Crippen MR) is 86.4 cm³/mol. The highest BCUT2D eigenvalue weighted by Crippen LogP contribution is 2.33. The molecule has 0 N–H and O–H groups in total. The highest BCUT2D eigenvalue weighted by molar-refractivity contribution is 7.99. The van der Waals surface area contributed by atoms with E-state index >= 15 is 0 Å². The lowest BCUT2D eigenvalue weighted by Crippen LogP contribution is -2.00. The summed E-state index contributed by atoms with van der Waals surface area (Å²) in [5, 5.41) is 13.0. The number of ether oxygens (including phenoxy) is 1.